The van der Waals surface area contributed by atoms with Crippen LogP contribution in [0.2, 0.25) is 0 Å². The minimum absolute atomic E-state index is 0.226. The zero-order valence-electron chi connectivity index (χ0n) is 19.6. The Kier molecular flexibility index (Phi) is 6.30. The van der Waals surface area contributed by atoms with Gasteiger partial charge in [-0.15, -0.1) is 0 Å². The van der Waals surface area contributed by atoms with Crippen molar-refractivity contribution in [3.8, 4) is 0 Å². The number of carbonyl (C=O) groups is 1. The van der Waals surface area contributed by atoms with Crippen LogP contribution in [0.25, 0.3) is 6.08 Å². The molecular formula is C29H33IO3. The molecule has 2 aromatic carbocycles. The second kappa shape index (κ2) is 8.94. The molecule has 0 amide bonds. The van der Waals surface area contributed by atoms with Crippen molar-refractivity contribution in [1.82, 2.24) is 0 Å². The largest absolute Gasteiger partial charge is 0.347 e. The highest BCUT2D eigenvalue weighted by atomic mass is 127. The molecule has 0 bridgehead atoms. The van der Waals surface area contributed by atoms with E-state index in [4.69, 9.17) is 9.47 Å². The minimum atomic E-state index is -0.574. The van der Waals surface area contributed by atoms with Crippen LogP contribution in [0.4, 0.5) is 0 Å². The van der Waals surface area contributed by atoms with Crippen molar-refractivity contribution >= 4 is 34.5 Å². The lowest BCUT2D eigenvalue weighted by molar-refractivity contribution is -0.282. The van der Waals surface area contributed by atoms with Gasteiger partial charge in [-0.3, -0.25) is 4.79 Å². The van der Waals surface area contributed by atoms with Gasteiger partial charge in [0.25, 0.3) is 0 Å². The number of aryl methyl sites for hydroxylation is 1. The number of allylic oxidation sites excluding steroid dienone is 1. The Hall–Kier alpha value is -1.50. The highest BCUT2D eigenvalue weighted by Crippen LogP contribution is 2.64. The van der Waals surface area contributed by atoms with Gasteiger partial charge in [0.1, 0.15) is 0 Å². The summed E-state index contributed by atoms with van der Waals surface area (Å²) in [6.07, 6.45) is 7.60. The maximum Gasteiger partial charge on any atom is 0.174 e. The van der Waals surface area contributed by atoms with E-state index in [1.54, 1.807) is 0 Å². The Morgan fingerprint density at radius 1 is 1.03 bits per heavy atom. The fourth-order valence-corrected chi connectivity index (χ4v) is 7.19. The Bertz CT molecular complexity index is 1040. The molecule has 3 fully saturated rings. The molecule has 33 heavy (non-hydrogen) atoms. The molecule has 1 heterocycles. The third kappa shape index (κ3) is 4.02. The van der Waals surface area contributed by atoms with Crippen LogP contribution in [0.3, 0.4) is 0 Å². The zero-order valence-corrected chi connectivity index (χ0v) is 21.8. The number of halogens is 1. The Morgan fingerprint density at radius 2 is 1.73 bits per heavy atom. The third-order valence-corrected chi connectivity index (χ3v) is 9.23. The monoisotopic (exact) mass is 556 g/mol. The highest BCUT2D eigenvalue weighted by Gasteiger charge is 2.66. The number of fused-ring (bicyclic) bond motifs is 2. The van der Waals surface area contributed by atoms with Gasteiger partial charge < -0.3 is 9.47 Å². The summed E-state index contributed by atoms with van der Waals surface area (Å²) in [5.41, 5.74) is 2.63. The fourth-order valence-electron chi connectivity index (χ4n) is 6.83. The number of Topliss-reactive ketones (excluding diaryl/α,β-unsaturated/α-hetero) is 1. The van der Waals surface area contributed by atoms with Crippen LogP contribution in [-0.4, -0.2) is 24.8 Å². The van der Waals surface area contributed by atoms with Crippen LogP contribution in [0, 0.1) is 20.3 Å². The summed E-state index contributed by atoms with van der Waals surface area (Å²) in [6, 6.07) is 19.0. The van der Waals surface area contributed by atoms with E-state index in [1.807, 2.05) is 0 Å². The zero-order chi connectivity index (χ0) is 23.1. The van der Waals surface area contributed by atoms with Crippen molar-refractivity contribution in [2.45, 2.75) is 58.2 Å². The van der Waals surface area contributed by atoms with Crippen molar-refractivity contribution < 1.29 is 14.3 Å². The van der Waals surface area contributed by atoms with Crippen molar-refractivity contribution in [3.63, 3.8) is 0 Å². The molecule has 2 saturated carbocycles. The second-order valence-corrected chi connectivity index (χ2v) is 11.7. The van der Waals surface area contributed by atoms with Gasteiger partial charge in [-0.05, 0) is 95.5 Å². The predicted octanol–water partition coefficient (Wildman–Crippen LogP) is 6.84. The molecule has 3 unspecified atom stereocenters. The molecule has 4 heteroatoms. The van der Waals surface area contributed by atoms with E-state index in [0.717, 1.165) is 43.2 Å². The molecule has 3 aliphatic rings. The van der Waals surface area contributed by atoms with E-state index in [9.17, 15) is 4.79 Å². The lowest BCUT2D eigenvalue weighted by atomic mass is 9.46. The van der Waals surface area contributed by atoms with Crippen LogP contribution in [0.15, 0.2) is 60.2 Å². The van der Waals surface area contributed by atoms with Crippen molar-refractivity contribution in [2.75, 3.05) is 13.2 Å². The first-order valence-electron chi connectivity index (χ1n) is 12.2. The van der Waals surface area contributed by atoms with Crippen LogP contribution >= 0.6 is 22.6 Å². The van der Waals surface area contributed by atoms with Gasteiger partial charge in [0, 0.05) is 20.8 Å². The first kappa shape index (κ1) is 23.3. The number of hydrogen-bond acceptors (Lipinski definition) is 3. The summed E-state index contributed by atoms with van der Waals surface area (Å²) in [6.45, 7) is 5.84. The Morgan fingerprint density at radius 3 is 2.42 bits per heavy atom. The van der Waals surface area contributed by atoms with Crippen molar-refractivity contribution in [1.29, 1.82) is 0 Å². The third-order valence-electron chi connectivity index (χ3n) is 8.52. The van der Waals surface area contributed by atoms with E-state index in [1.165, 1.54) is 9.13 Å². The number of rotatable bonds is 4. The summed E-state index contributed by atoms with van der Waals surface area (Å²) in [5.74, 6) is -0.0214. The lowest BCUT2D eigenvalue weighted by Crippen LogP contribution is -2.62. The summed E-state index contributed by atoms with van der Waals surface area (Å²) in [4.78, 5) is 14.2. The predicted molar refractivity (Wildman–Crippen MR) is 140 cm³/mol. The van der Waals surface area contributed by atoms with Gasteiger partial charge in [-0.25, -0.2) is 0 Å². The smallest absolute Gasteiger partial charge is 0.174 e. The second-order valence-electron chi connectivity index (χ2n) is 10.4. The van der Waals surface area contributed by atoms with Crippen LogP contribution < -0.4 is 0 Å². The first-order valence-corrected chi connectivity index (χ1v) is 13.3. The van der Waals surface area contributed by atoms with Gasteiger partial charge in [0.2, 0.25) is 0 Å². The molecule has 0 radical (unpaired) electrons. The summed E-state index contributed by atoms with van der Waals surface area (Å²) >= 11 is 2.32. The molecule has 3 nitrogen and oxygen atoms in total. The molecule has 2 aliphatic carbocycles. The van der Waals surface area contributed by atoms with Crippen LogP contribution in [0.1, 0.15) is 57.1 Å². The van der Waals surface area contributed by atoms with E-state index in [-0.39, 0.29) is 11.3 Å². The van der Waals surface area contributed by atoms with E-state index >= 15 is 0 Å². The van der Waals surface area contributed by atoms with Gasteiger partial charge in [0.15, 0.2) is 11.6 Å². The molecular weight excluding hydrogens is 523 g/mol. The Balaban J connectivity index is 1.57. The highest BCUT2D eigenvalue weighted by molar-refractivity contribution is 14.1. The van der Waals surface area contributed by atoms with Gasteiger partial charge in [-0.1, -0.05) is 56.3 Å². The number of benzene rings is 2. The number of ketones is 1. The minimum Gasteiger partial charge on any atom is -0.347 e. The molecule has 0 aromatic heterocycles. The number of hydrogen-bond donors (Lipinski definition) is 0. The van der Waals surface area contributed by atoms with Crippen molar-refractivity contribution in [2.24, 2.45) is 16.7 Å². The molecule has 0 N–H and O–H groups in total. The molecule has 2 aromatic rings. The first-order chi connectivity index (χ1) is 15.9. The summed E-state index contributed by atoms with van der Waals surface area (Å²) in [7, 11) is 0. The molecule has 5 rings (SSSR count). The summed E-state index contributed by atoms with van der Waals surface area (Å²) in [5, 5.41) is 0. The van der Waals surface area contributed by atoms with Crippen LogP contribution in [-0.2, 0) is 20.7 Å². The number of ether oxygens (including phenoxy) is 2. The average Bonchev–Trinajstić information content (AvgIpc) is 3.30. The normalized spacial score (nSPS) is 32.3. The molecule has 1 spiro atoms. The van der Waals surface area contributed by atoms with E-state index in [0.29, 0.717) is 25.4 Å². The topological polar surface area (TPSA) is 35.5 Å². The lowest BCUT2D eigenvalue weighted by Gasteiger charge is -2.60. The number of carbonyl (C=O) groups excluding carboxylic acids is 1. The maximum atomic E-state index is 14.2. The molecule has 3 atom stereocenters. The molecule has 1 aliphatic heterocycles. The SMILES string of the molecule is CC1(CCc2ccccc2)C(=O)C(=Cc2ccc(I)cc2)CC2(C)C1CCCC21OCCO1. The van der Waals surface area contributed by atoms with Crippen molar-refractivity contribution in [3.05, 3.63) is 74.9 Å². The molecule has 174 valence electrons. The Labute approximate surface area is 211 Å². The van der Waals surface area contributed by atoms with Crippen LogP contribution in [0.5, 0.6) is 0 Å². The van der Waals surface area contributed by atoms with E-state index in [2.05, 4.69) is 97.1 Å². The van der Waals surface area contributed by atoms with Gasteiger partial charge in [-0.2, -0.15) is 0 Å². The average molecular weight is 556 g/mol. The summed E-state index contributed by atoms with van der Waals surface area (Å²) < 4.78 is 14.0. The maximum absolute atomic E-state index is 14.2. The fraction of sp³-hybridized carbons (Fsp3) is 0.483. The van der Waals surface area contributed by atoms with E-state index < -0.39 is 11.2 Å². The van der Waals surface area contributed by atoms with Gasteiger partial charge in [0.05, 0.1) is 13.2 Å². The standard InChI is InChI=1S/C29H33IO3/c1-27(16-14-21-7-4-3-5-8-21)25-9-6-15-29(32-17-18-33-29)28(25,2)20-23(26(27)31)19-22-10-12-24(30)13-11-22/h3-5,7-8,10-13,19,25H,6,9,14-18,20H2,1-2H3. The quantitative estimate of drug-likeness (QED) is 0.306. The molecule has 1 saturated heterocycles. The van der Waals surface area contributed by atoms with Gasteiger partial charge >= 0.3 is 0 Å².